The minimum atomic E-state index is -1.27. The summed E-state index contributed by atoms with van der Waals surface area (Å²) in [4.78, 5) is 5.41. The molecule has 0 saturated heterocycles. The van der Waals surface area contributed by atoms with Gasteiger partial charge in [-0.05, 0) is 68.9 Å². The van der Waals surface area contributed by atoms with Crippen molar-refractivity contribution in [1.82, 2.24) is 14.3 Å². The van der Waals surface area contributed by atoms with Crippen molar-refractivity contribution in [2.24, 2.45) is 5.92 Å². The summed E-state index contributed by atoms with van der Waals surface area (Å²) in [6, 6.07) is 12.3. The lowest BCUT2D eigenvalue weighted by Crippen LogP contribution is -2.25. The highest BCUT2D eigenvalue weighted by atomic mass is 32.2. The molecule has 4 rings (SSSR count). The first-order valence-corrected chi connectivity index (χ1v) is 11.9. The fourth-order valence-corrected chi connectivity index (χ4v) is 4.85. The highest BCUT2D eigenvalue weighted by Gasteiger charge is 2.26. The van der Waals surface area contributed by atoms with Gasteiger partial charge in [-0.1, -0.05) is 19.4 Å². The lowest BCUT2D eigenvalue weighted by Gasteiger charge is -2.13. The molecule has 0 bridgehead atoms. The molecular weight excluding hydrogens is 392 g/mol. The Morgan fingerprint density at radius 1 is 1.30 bits per heavy atom. The zero-order chi connectivity index (χ0) is 21.3. The van der Waals surface area contributed by atoms with Crippen LogP contribution >= 0.6 is 0 Å². The molecule has 2 aromatic heterocycles. The quantitative estimate of drug-likeness (QED) is 0.560. The van der Waals surface area contributed by atoms with E-state index in [1.54, 1.807) is 6.20 Å². The third-order valence-corrected chi connectivity index (χ3v) is 6.83. The first-order valence-electron chi connectivity index (χ1n) is 10.7. The maximum absolute atomic E-state index is 12.4. The molecule has 1 saturated carbocycles. The molecule has 5 nitrogen and oxygen atoms in total. The molecular formula is C24H28N4OS. The molecule has 1 aromatic carbocycles. The molecule has 1 atom stereocenters. The number of fused-ring (bicyclic) bond motifs is 1. The van der Waals surface area contributed by atoms with Crippen molar-refractivity contribution >= 4 is 21.9 Å². The normalized spacial score (nSPS) is 14.9. The number of benzene rings is 1. The van der Waals surface area contributed by atoms with Crippen LogP contribution in [0.3, 0.4) is 0 Å². The van der Waals surface area contributed by atoms with Gasteiger partial charge in [0, 0.05) is 24.2 Å². The van der Waals surface area contributed by atoms with E-state index in [2.05, 4.69) is 28.3 Å². The average molecular weight is 421 g/mol. The molecule has 30 heavy (non-hydrogen) atoms. The van der Waals surface area contributed by atoms with Gasteiger partial charge < -0.3 is 4.57 Å². The van der Waals surface area contributed by atoms with Gasteiger partial charge in [-0.2, -0.15) is 5.26 Å². The molecule has 156 valence electrons. The van der Waals surface area contributed by atoms with E-state index in [1.165, 1.54) is 23.8 Å². The Morgan fingerprint density at radius 3 is 2.70 bits per heavy atom. The first-order chi connectivity index (χ1) is 14.5. The lowest BCUT2D eigenvalue weighted by atomic mass is 10.0. The third kappa shape index (κ3) is 4.19. The molecule has 2 heterocycles. The number of nitrogens with one attached hydrogen (secondary N) is 1. The Hall–Kier alpha value is -2.49. The highest BCUT2D eigenvalue weighted by Crippen LogP contribution is 2.39. The van der Waals surface area contributed by atoms with Crippen LogP contribution in [0, 0.1) is 17.2 Å². The van der Waals surface area contributed by atoms with E-state index in [1.807, 2.05) is 38.1 Å². The number of aromatic nitrogens is 2. The number of aryl methyl sites for hydroxylation is 1. The second-order valence-corrected chi connectivity index (χ2v) is 9.64. The summed E-state index contributed by atoms with van der Waals surface area (Å²) in [6.07, 6.45) is 6.23. The van der Waals surface area contributed by atoms with Gasteiger partial charge in [0.05, 0.1) is 33.4 Å². The van der Waals surface area contributed by atoms with E-state index in [0.717, 1.165) is 36.3 Å². The molecule has 1 N–H and O–H groups in total. The molecule has 1 fully saturated rings. The van der Waals surface area contributed by atoms with Gasteiger partial charge in [-0.25, -0.2) is 8.93 Å². The first kappa shape index (κ1) is 20.8. The van der Waals surface area contributed by atoms with Gasteiger partial charge in [0.25, 0.3) is 0 Å². The van der Waals surface area contributed by atoms with Crippen LogP contribution in [-0.4, -0.2) is 19.8 Å². The van der Waals surface area contributed by atoms with E-state index in [0.29, 0.717) is 16.4 Å². The molecule has 3 aromatic rings. The van der Waals surface area contributed by atoms with E-state index >= 15 is 0 Å². The zero-order valence-corrected chi connectivity index (χ0v) is 18.6. The maximum atomic E-state index is 12.4. The number of hydrogen-bond acceptors (Lipinski definition) is 3. The van der Waals surface area contributed by atoms with Crippen LogP contribution in [0.5, 0.6) is 0 Å². The minimum Gasteiger partial charge on any atom is -0.339 e. The van der Waals surface area contributed by atoms with Gasteiger partial charge in [0.2, 0.25) is 0 Å². The Balaban J connectivity index is 1.85. The SMILES string of the molecule is CCCc1c(-c2ccc(S(=O)NC(C)C)cn2)n(CC2CC2)c2cc(C#N)ccc12. The smallest absolute Gasteiger partial charge is 0.126 e. The number of pyridine rings is 1. The topological polar surface area (TPSA) is 70.7 Å². The van der Waals surface area contributed by atoms with Crippen LogP contribution in [0.2, 0.25) is 0 Å². The maximum Gasteiger partial charge on any atom is 0.126 e. The van der Waals surface area contributed by atoms with Crippen molar-refractivity contribution in [2.75, 3.05) is 0 Å². The third-order valence-electron chi connectivity index (χ3n) is 5.47. The highest BCUT2D eigenvalue weighted by molar-refractivity contribution is 7.83. The number of nitrogens with zero attached hydrogens (tertiary/aromatic N) is 3. The summed E-state index contributed by atoms with van der Waals surface area (Å²) in [5, 5.41) is 10.6. The van der Waals surface area contributed by atoms with E-state index < -0.39 is 11.0 Å². The van der Waals surface area contributed by atoms with Crippen LogP contribution < -0.4 is 4.72 Å². The average Bonchev–Trinajstić information content (AvgIpc) is 3.51. The van der Waals surface area contributed by atoms with Gasteiger partial charge in [-0.3, -0.25) is 4.98 Å². The van der Waals surface area contributed by atoms with Crippen molar-refractivity contribution in [3.8, 4) is 17.5 Å². The van der Waals surface area contributed by atoms with Crippen molar-refractivity contribution in [3.63, 3.8) is 0 Å². The van der Waals surface area contributed by atoms with Gasteiger partial charge in [-0.15, -0.1) is 0 Å². The molecule has 1 aliphatic carbocycles. The van der Waals surface area contributed by atoms with Gasteiger partial charge in [0.1, 0.15) is 11.0 Å². The molecule has 0 aliphatic heterocycles. The zero-order valence-electron chi connectivity index (χ0n) is 17.8. The summed E-state index contributed by atoms with van der Waals surface area (Å²) in [7, 11) is -1.27. The number of rotatable bonds is 8. The molecule has 0 amide bonds. The Bertz CT molecular complexity index is 1120. The van der Waals surface area contributed by atoms with Crippen LogP contribution in [-0.2, 0) is 24.0 Å². The van der Waals surface area contributed by atoms with Crippen LogP contribution in [0.25, 0.3) is 22.3 Å². The summed E-state index contributed by atoms with van der Waals surface area (Å²) >= 11 is 0. The predicted molar refractivity (Wildman–Crippen MR) is 121 cm³/mol. The minimum absolute atomic E-state index is 0.136. The van der Waals surface area contributed by atoms with Crippen LogP contribution in [0.15, 0.2) is 41.4 Å². The molecule has 1 unspecified atom stereocenters. The van der Waals surface area contributed by atoms with Crippen LogP contribution in [0.4, 0.5) is 0 Å². The summed E-state index contributed by atoms with van der Waals surface area (Å²) in [5.41, 5.74) is 5.14. The van der Waals surface area contributed by atoms with E-state index in [9.17, 15) is 9.47 Å². The van der Waals surface area contributed by atoms with Gasteiger partial charge >= 0.3 is 0 Å². The van der Waals surface area contributed by atoms with Gasteiger partial charge in [0.15, 0.2) is 0 Å². The predicted octanol–water partition coefficient (Wildman–Crippen LogP) is 4.96. The van der Waals surface area contributed by atoms with E-state index in [-0.39, 0.29) is 6.04 Å². The standard InChI is InChI=1S/C24H28N4OS/c1-4-5-21-20-10-8-18(13-25)12-23(20)28(15-17-6-7-17)24(21)22-11-9-19(14-26-22)30(29)27-16(2)3/h8-12,14,16-17,27H,4-7,15H2,1-3H3. The van der Waals surface area contributed by atoms with Crippen molar-refractivity contribution in [2.45, 2.75) is 63.9 Å². The Kier molecular flexibility index (Phi) is 6.03. The van der Waals surface area contributed by atoms with Crippen molar-refractivity contribution in [1.29, 1.82) is 5.26 Å². The van der Waals surface area contributed by atoms with E-state index in [4.69, 9.17) is 4.98 Å². The number of hydrogen-bond donors (Lipinski definition) is 1. The molecule has 1 aliphatic rings. The molecule has 0 spiro atoms. The summed E-state index contributed by atoms with van der Waals surface area (Å²) in [6.45, 7) is 7.09. The van der Waals surface area contributed by atoms with Crippen LogP contribution in [0.1, 0.15) is 51.2 Å². The Morgan fingerprint density at radius 2 is 2.10 bits per heavy atom. The molecule has 6 heteroatoms. The second-order valence-electron chi connectivity index (χ2n) is 8.40. The molecule has 0 radical (unpaired) electrons. The van der Waals surface area contributed by atoms with Crippen molar-refractivity contribution in [3.05, 3.63) is 47.7 Å². The lowest BCUT2D eigenvalue weighted by molar-refractivity contribution is 0.649. The fourth-order valence-electron chi connectivity index (χ4n) is 3.95. The Labute approximate surface area is 180 Å². The number of nitriles is 1. The summed E-state index contributed by atoms with van der Waals surface area (Å²) in [5.74, 6) is 0.696. The largest absolute Gasteiger partial charge is 0.339 e. The van der Waals surface area contributed by atoms with Crippen molar-refractivity contribution < 1.29 is 4.21 Å². The second kappa shape index (κ2) is 8.71. The monoisotopic (exact) mass is 420 g/mol. The fraction of sp³-hybridized carbons (Fsp3) is 0.417. The summed E-state index contributed by atoms with van der Waals surface area (Å²) < 4.78 is 17.8.